The van der Waals surface area contributed by atoms with Gasteiger partial charge in [0.1, 0.15) is 0 Å². The van der Waals surface area contributed by atoms with E-state index in [1.54, 1.807) is 0 Å². The molecule has 0 saturated carbocycles. The Morgan fingerprint density at radius 1 is 1.33 bits per heavy atom. The number of hydrogen-bond donors (Lipinski definition) is 1. The van der Waals surface area contributed by atoms with Gasteiger partial charge < -0.3 is 10.5 Å². The van der Waals surface area contributed by atoms with E-state index in [0.29, 0.717) is 12.5 Å². The minimum absolute atomic E-state index is 0.00977. The van der Waals surface area contributed by atoms with E-state index in [-0.39, 0.29) is 11.1 Å². The first kappa shape index (κ1) is 15.0. The van der Waals surface area contributed by atoms with E-state index in [1.165, 1.54) is 17.5 Å². The zero-order chi connectivity index (χ0) is 15.1. The van der Waals surface area contributed by atoms with E-state index in [2.05, 4.69) is 49.9 Å². The fourth-order valence-electron chi connectivity index (χ4n) is 4.15. The predicted octanol–water partition coefficient (Wildman–Crippen LogP) is 2.85. The molecule has 3 rings (SSSR count). The molecular weight excluding hydrogens is 260 g/mol. The molecule has 1 aliphatic carbocycles. The van der Waals surface area contributed by atoms with Gasteiger partial charge in [0.05, 0.1) is 17.7 Å². The van der Waals surface area contributed by atoms with Gasteiger partial charge in [-0.15, -0.1) is 0 Å². The number of benzene rings is 1. The van der Waals surface area contributed by atoms with Crippen LogP contribution in [0.25, 0.3) is 0 Å². The number of rotatable bonds is 2. The Hall–Kier alpha value is -0.900. The molecule has 0 amide bonds. The molecule has 116 valence electrons. The Morgan fingerprint density at radius 3 is 2.81 bits per heavy atom. The number of nitrogens with two attached hydrogens (primary N) is 1. The molecule has 1 fully saturated rings. The lowest BCUT2D eigenvalue weighted by atomic mass is 9.71. The Kier molecular flexibility index (Phi) is 3.85. The summed E-state index contributed by atoms with van der Waals surface area (Å²) >= 11 is 0. The van der Waals surface area contributed by atoms with Gasteiger partial charge in [0.15, 0.2) is 0 Å². The summed E-state index contributed by atoms with van der Waals surface area (Å²) in [6.07, 6.45) is 2.36. The molecule has 0 aromatic heterocycles. The maximum absolute atomic E-state index is 6.34. The molecule has 1 aromatic carbocycles. The van der Waals surface area contributed by atoms with Crippen LogP contribution in [0.3, 0.4) is 0 Å². The van der Waals surface area contributed by atoms with Gasteiger partial charge >= 0.3 is 0 Å². The first-order valence-electron chi connectivity index (χ1n) is 8.17. The smallest absolute Gasteiger partial charge is 0.0753 e. The van der Waals surface area contributed by atoms with Crippen molar-refractivity contribution in [2.24, 2.45) is 5.73 Å². The molecular formula is C18H28N2O. The second kappa shape index (κ2) is 5.38. The molecule has 1 heterocycles. The molecule has 2 aliphatic rings. The van der Waals surface area contributed by atoms with Gasteiger partial charge in [0.25, 0.3) is 0 Å². The van der Waals surface area contributed by atoms with Crippen LogP contribution in [0.4, 0.5) is 0 Å². The van der Waals surface area contributed by atoms with Gasteiger partial charge in [-0.25, -0.2) is 0 Å². The van der Waals surface area contributed by atoms with Crippen molar-refractivity contribution in [1.29, 1.82) is 0 Å². The summed E-state index contributed by atoms with van der Waals surface area (Å²) in [5, 5.41) is 0. The van der Waals surface area contributed by atoms with Crippen LogP contribution in [0.5, 0.6) is 0 Å². The second-order valence-corrected chi connectivity index (χ2v) is 7.29. The summed E-state index contributed by atoms with van der Waals surface area (Å²) in [6.45, 7) is 10.1. The normalized spacial score (nSPS) is 32.7. The fraction of sp³-hybridized carbons (Fsp3) is 0.667. The summed E-state index contributed by atoms with van der Waals surface area (Å²) in [5.74, 6) is 0.634. The molecule has 1 aliphatic heterocycles. The maximum Gasteiger partial charge on any atom is 0.0753 e. The molecule has 0 spiro atoms. The van der Waals surface area contributed by atoms with Gasteiger partial charge in [-0.05, 0) is 43.7 Å². The Labute approximate surface area is 128 Å². The summed E-state index contributed by atoms with van der Waals surface area (Å²) in [6, 6.07) is 8.90. The van der Waals surface area contributed by atoms with Crippen LogP contribution in [-0.4, -0.2) is 36.7 Å². The van der Waals surface area contributed by atoms with Crippen LogP contribution in [0.15, 0.2) is 24.3 Å². The third-order valence-corrected chi connectivity index (χ3v) is 5.35. The lowest BCUT2D eigenvalue weighted by Gasteiger charge is -2.52. The zero-order valence-corrected chi connectivity index (χ0v) is 13.6. The average Bonchev–Trinajstić information content (AvgIpc) is 2.47. The minimum atomic E-state index is -0.0849. The summed E-state index contributed by atoms with van der Waals surface area (Å²) in [7, 11) is 0. The number of nitrogens with zero attached hydrogens (tertiary/aromatic N) is 1. The molecule has 3 heteroatoms. The number of fused-ring (bicyclic) bond motifs is 1. The highest BCUT2D eigenvalue weighted by atomic mass is 16.5. The van der Waals surface area contributed by atoms with Crippen molar-refractivity contribution in [2.45, 2.75) is 50.7 Å². The van der Waals surface area contributed by atoms with Crippen LogP contribution in [0.2, 0.25) is 0 Å². The van der Waals surface area contributed by atoms with E-state index >= 15 is 0 Å². The zero-order valence-electron chi connectivity index (χ0n) is 13.6. The second-order valence-electron chi connectivity index (χ2n) is 7.29. The van der Waals surface area contributed by atoms with E-state index in [0.717, 1.165) is 26.1 Å². The first-order chi connectivity index (χ1) is 9.98. The lowest BCUT2D eigenvalue weighted by molar-refractivity contribution is -0.120. The van der Waals surface area contributed by atoms with E-state index in [1.807, 2.05) is 0 Å². The first-order valence-corrected chi connectivity index (χ1v) is 8.17. The quantitative estimate of drug-likeness (QED) is 0.909. The van der Waals surface area contributed by atoms with Crippen LogP contribution in [0.1, 0.15) is 50.7 Å². The summed E-state index contributed by atoms with van der Waals surface area (Å²) in [5.41, 5.74) is 9.17. The van der Waals surface area contributed by atoms with E-state index in [9.17, 15) is 0 Å². The molecule has 0 bridgehead atoms. The van der Waals surface area contributed by atoms with Crippen molar-refractivity contribution in [2.75, 3.05) is 26.2 Å². The predicted molar refractivity (Wildman–Crippen MR) is 86.4 cm³/mol. The maximum atomic E-state index is 6.34. The number of hydrogen-bond acceptors (Lipinski definition) is 3. The highest BCUT2D eigenvalue weighted by Gasteiger charge is 2.45. The number of morpholine rings is 1. The molecule has 0 radical (unpaired) electrons. The van der Waals surface area contributed by atoms with Gasteiger partial charge in [0, 0.05) is 19.6 Å². The standard InChI is InChI=1S/C18H28N2O/c1-14-8-9-18(12-19,16-7-5-4-6-15(14)16)20-10-11-21-17(2,3)13-20/h4-7,14H,8-13,19H2,1-3H3. The van der Waals surface area contributed by atoms with Crippen LogP contribution >= 0.6 is 0 Å². The fourth-order valence-corrected chi connectivity index (χ4v) is 4.15. The SMILES string of the molecule is CC1CCC(CN)(N2CCOC(C)(C)C2)c2ccccc21. The van der Waals surface area contributed by atoms with E-state index in [4.69, 9.17) is 10.5 Å². The molecule has 2 atom stereocenters. The summed E-state index contributed by atoms with van der Waals surface area (Å²) < 4.78 is 5.90. The monoisotopic (exact) mass is 288 g/mol. The largest absolute Gasteiger partial charge is 0.373 e. The lowest BCUT2D eigenvalue weighted by Crippen LogP contribution is -2.60. The molecule has 21 heavy (non-hydrogen) atoms. The molecule has 1 aromatic rings. The highest BCUT2D eigenvalue weighted by molar-refractivity contribution is 5.39. The molecule has 1 saturated heterocycles. The molecule has 2 unspecified atom stereocenters. The number of ether oxygens (including phenoxy) is 1. The Bertz CT molecular complexity index is 514. The Balaban J connectivity index is 2.03. The topological polar surface area (TPSA) is 38.5 Å². The van der Waals surface area contributed by atoms with Crippen LogP contribution in [0, 0.1) is 0 Å². The van der Waals surface area contributed by atoms with E-state index < -0.39 is 0 Å². The van der Waals surface area contributed by atoms with Crippen molar-refractivity contribution in [3.63, 3.8) is 0 Å². The van der Waals surface area contributed by atoms with Crippen LogP contribution in [-0.2, 0) is 10.3 Å². The van der Waals surface area contributed by atoms with Gasteiger partial charge in [-0.2, -0.15) is 0 Å². The average molecular weight is 288 g/mol. The van der Waals surface area contributed by atoms with Crippen molar-refractivity contribution in [1.82, 2.24) is 4.90 Å². The van der Waals surface area contributed by atoms with Gasteiger partial charge in [-0.1, -0.05) is 31.2 Å². The van der Waals surface area contributed by atoms with Crippen molar-refractivity contribution >= 4 is 0 Å². The highest BCUT2D eigenvalue weighted by Crippen LogP contribution is 2.45. The summed E-state index contributed by atoms with van der Waals surface area (Å²) in [4.78, 5) is 2.58. The third-order valence-electron chi connectivity index (χ3n) is 5.35. The van der Waals surface area contributed by atoms with Gasteiger partial charge in [-0.3, -0.25) is 4.90 Å². The van der Waals surface area contributed by atoms with Crippen molar-refractivity contribution in [3.05, 3.63) is 35.4 Å². The van der Waals surface area contributed by atoms with Gasteiger partial charge in [0.2, 0.25) is 0 Å². The minimum Gasteiger partial charge on any atom is -0.373 e. The molecule has 2 N–H and O–H groups in total. The molecule has 3 nitrogen and oxygen atoms in total. The van der Waals surface area contributed by atoms with Crippen molar-refractivity contribution < 1.29 is 4.74 Å². The third kappa shape index (κ3) is 2.52. The van der Waals surface area contributed by atoms with Crippen LogP contribution < -0.4 is 5.73 Å². The Morgan fingerprint density at radius 2 is 2.10 bits per heavy atom. The van der Waals surface area contributed by atoms with Crippen molar-refractivity contribution in [3.8, 4) is 0 Å².